The molecule has 0 atom stereocenters. The van der Waals surface area contributed by atoms with Gasteiger partial charge >= 0.3 is 0 Å². The van der Waals surface area contributed by atoms with Crippen LogP contribution in [0.3, 0.4) is 0 Å². The Balaban J connectivity index is 2.95. The molecule has 0 unspecified atom stereocenters. The van der Waals surface area contributed by atoms with Crippen LogP contribution in [0.5, 0.6) is 0 Å². The van der Waals surface area contributed by atoms with E-state index in [1.54, 1.807) is 23.0 Å². The number of thiazole rings is 1. The Morgan fingerprint density at radius 3 is 3.44 bits per heavy atom. The molecule has 2 aromatic heterocycles. The minimum absolute atomic E-state index is 0.863. The van der Waals surface area contributed by atoms with Crippen LogP contribution in [-0.4, -0.2) is 9.97 Å². The summed E-state index contributed by atoms with van der Waals surface area (Å²) in [5.74, 6) is 0. The van der Waals surface area contributed by atoms with Crippen molar-refractivity contribution in [2.45, 2.75) is 0 Å². The fraction of sp³-hybridized carbons (Fsp3) is 0. The molecule has 9 heavy (non-hydrogen) atoms. The number of nitrogens with zero attached hydrogens (tertiary/aromatic N) is 2. The molecule has 0 aliphatic carbocycles. The second kappa shape index (κ2) is 1.77. The van der Waals surface area contributed by atoms with E-state index in [2.05, 4.69) is 16.2 Å². The summed E-state index contributed by atoms with van der Waals surface area (Å²) in [6, 6.07) is 1.93. The molecule has 0 aliphatic rings. The predicted molar refractivity (Wildman–Crippen MR) is 36.3 cm³/mol. The summed E-state index contributed by atoms with van der Waals surface area (Å²) in [6.07, 6.45) is 4.50. The van der Waals surface area contributed by atoms with Crippen LogP contribution in [0, 0.1) is 6.20 Å². The van der Waals surface area contributed by atoms with E-state index in [1.807, 2.05) is 6.07 Å². The van der Waals surface area contributed by atoms with Crippen LogP contribution in [0.2, 0.25) is 0 Å². The third kappa shape index (κ3) is 0.695. The van der Waals surface area contributed by atoms with Gasteiger partial charge in [0.05, 0.1) is 10.2 Å². The average Bonchev–Trinajstić information content (AvgIpc) is 2.33. The van der Waals surface area contributed by atoms with E-state index in [0.29, 0.717) is 0 Å². The van der Waals surface area contributed by atoms with E-state index in [4.69, 9.17) is 0 Å². The lowest BCUT2D eigenvalue weighted by Crippen LogP contribution is -1.68. The molecular formula is C6H3N2S. The van der Waals surface area contributed by atoms with Crippen molar-refractivity contribution in [3.05, 3.63) is 24.0 Å². The summed E-state index contributed by atoms with van der Waals surface area (Å²) in [4.78, 5) is 7.82. The molecule has 2 heterocycles. The van der Waals surface area contributed by atoms with Gasteiger partial charge in [0.25, 0.3) is 0 Å². The second-order valence-electron chi connectivity index (χ2n) is 1.62. The van der Waals surface area contributed by atoms with Gasteiger partial charge in [-0.05, 0) is 6.07 Å². The van der Waals surface area contributed by atoms with Crippen molar-refractivity contribution in [2.24, 2.45) is 0 Å². The molecule has 0 aromatic carbocycles. The predicted octanol–water partition coefficient (Wildman–Crippen LogP) is 1.49. The highest BCUT2D eigenvalue weighted by atomic mass is 32.1. The van der Waals surface area contributed by atoms with Crippen molar-refractivity contribution in [2.75, 3.05) is 0 Å². The first kappa shape index (κ1) is 4.88. The Bertz CT molecular complexity index is 285. The molecule has 0 saturated carbocycles. The summed E-state index contributed by atoms with van der Waals surface area (Å²) < 4.78 is 1.14. The van der Waals surface area contributed by atoms with Gasteiger partial charge in [0.15, 0.2) is 0 Å². The third-order valence-electron chi connectivity index (χ3n) is 1.07. The molecule has 2 nitrogen and oxygen atoms in total. The van der Waals surface area contributed by atoms with E-state index < -0.39 is 0 Å². The molecule has 0 spiro atoms. The van der Waals surface area contributed by atoms with Crippen molar-refractivity contribution >= 4 is 21.6 Å². The topological polar surface area (TPSA) is 25.8 Å². The Morgan fingerprint density at radius 2 is 2.56 bits per heavy atom. The number of rotatable bonds is 0. The van der Waals surface area contributed by atoms with Crippen molar-refractivity contribution in [3.8, 4) is 0 Å². The molecule has 0 amide bonds. The Hall–Kier alpha value is -0.960. The Kier molecular flexibility index (Phi) is 0.960. The molecule has 0 N–H and O–H groups in total. The highest BCUT2D eigenvalue weighted by Crippen LogP contribution is 2.13. The maximum atomic E-state index is 4.02. The summed E-state index contributed by atoms with van der Waals surface area (Å²) in [6.45, 7) is 0. The van der Waals surface area contributed by atoms with Crippen LogP contribution in [-0.2, 0) is 0 Å². The number of hydrogen-bond acceptors (Lipinski definition) is 3. The highest BCUT2D eigenvalue weighted by Gasteiger charge is 1.91. The zero-order valence-electron chi connectivity index (χ0n) is 4.53. The molecule has 0 bridgehead atoms. The third-order valence-corrected chi connectivity index (χ3v) is 1.86. The van der Waals surface area contributed by atoms with Crippen LogP contribution < -0.4 is 0 Å². The quantitative estimate of drug-likeness (QED) is 0.547. The Labute approximate surface area is 56.2 Å². The summed E-state index contributed by atoms with van der Waals surface area (Å²) in [7, 11) is 0. The van der Waals surface area contributed by atoms with Gasteiger partial charge in [-0.15, -0.1) is 11.3 Å². The molecule has 3 heteroatoms. The fourth-order valence-corrected chi connectivity index (χ4v) is 1.28. The maximum absolute atomic E-state index is 4.02. The maximum Gasteiger partial charge on any atom is 0.118 e. The van der Waals surface area contributed by atoms with Crippen LogP contribution in [0.4, 0.5) is 0 Å². The monoisotopic (exact) mass is 135 g/mol. The van der Waals surface area contributed by atoms with E-state index >= 15 is 0 Å². The van der Waals surface area contributed by atoms with Gasteiger partial charge in [-0.25, -0.2) is 4.98 Å². The molecule has 0 fully saturated rings. The van der Waals surface area contributed by atoms with E-state index in [1.165, 1.54) is 0 Å². The molecule has 0 saturated heterocycles. The standard InChI is InChI=1S/C6H3N2S/c1-2-7-3-5-6(1)9-4-8-5/h1-2,4H. The average molecular weight is 135 g/mol. The zero-order valence-corrected chi connectivity index (χ0v) is 5.35. The number of aromatic nitrogens is 2. The number of pyridine rings is 1. The molecule has 2 rings (SSSR count). The fourth-order valence-electron chi connectivity index (χ4n) is 0.661. The lowest BCUT2D eigenvalue weighted by Gasteiger charge is -1.78. The molecular weight excluding hydrogens is 132 g/mol. The smallest absolute Gasteiger partial charge is 0.118 e. The largest absolute Gasteiger partial charge is 0.252 e. The van der Waals surface area contributed by atoms with Crippen LogP contribution in [0.15, 0.2) is 17.8 Å². The van der Waals surface area contributed by atoms with E-state index in [0.717, 1.165) is 10.2 Å². The summed E-state index contributed by atoms with van der Waals surface area (Å²) >= 11 is 1.60. The van der Waals surface area contributed by atoms with Gasteiger partial charge in [-0.1, -0.05) is 0 Å². The van der Waals surface area contributed by atoms with Gasteiger partial charge < -0.3 is 0 Å². The van der Waals surface area contributed by atoms with Gasteiger partial charge in [0.2, 0.25) is 0 Å². The Morgan fingerprint density at radius 1 is 1.56 bits per heavy atom. The first-order chi connectivity index (χ1) is 4.47. The number of fused-ring (bicyclic) bond motifs is 1. The van der Waals surface area contributed by atoms with Crippen molar-refractivity contribution < 1.29 is 0 Å². The van der Waals surface area contributed by atoms with Gasteiger partial charge in [0, 0.05) is 6.20 Å². The summed E-state index contributed by atoms with van der Waals surface area (Å²) in [5, 5.41) is 0. The minimum Gasteiger partial charge on any atom is -0.252 e. The zero-order chi connectivity index (χ0) is 6.10. The van der Waals surface area contributed by atoms with Gasteiger partial charge in [-0.2, -0.15) is 0 Å². The molecule has 43 valence electrons. The van der Waals surface area contributed by atoms with Gasteiger partial charge in [0.1, 0.15) is 11.7 Å². The lowest BCUT2D eigenvalue weighted by molar-refractivity contribution is 1.32. The van der Waals surface area contributed by atoms with Crippen LogP contribution in [0.25, 0.3) is 10.2 Å². The first-order valence-corrected chi connectivity index (χ1v) is 3.41. The number of hydrogen-bond donors (Lipinski definition) is 0. The van der Waals surface area contributed by atoms with Gasteiger partial charge in [-0.3, -0.25) is 4.98 Å². The highest BCUT2D eigenvalue weighted by molar-refractivity contribution is 7.16. The minimum atomic E-state index is 0.863. The van der Waals surface area contributed by atoms with E-state index in [9.17, 15) is 0 Å². The lowest BCUT2D eigenvalue weighted by atomic mass is 10.5. The molecule has 1 radical (unpaired) electrons. The van der Waals surface area contributed by atoms with E-state index in [-0.39, 0.29) is 0 Å². The van der Waals surface area contributed by atoms with Crippen molar-refractivity contribution in [3.63, 3.8) is 0 Å². The second-order valence-corrected chi connectivity index (χ2v) is 2.51. The van der Waals surface area contributed by atoms with Crippen LogP contribution >= 0.6 is 11.3 Å². The normalized spacial score (nSPS) is 10.2. The van der Waals surface area contributed by atoms with Crippen LogP contribution in [0.1, 0.15) is 0 Å². The first-order valence-electron chi connectivity index (χ1n) is 2.53. The summed E-state index contributed by atoms with van der Waals surface area (Å²) in [5.41, 5.74) is 2.66. The SMILES string of the molecule is [c]1nccc2scnc12. The van der Waals surface area contributed by atoms with Crippen molar-refractivity contribution in [1.82, 2.24) is 9.97 Å². The molecule has 2 aromatic rings. The molecule has 0 aliphatic heterocycles. The van der Waals surface area contributed by atoms with Crippen molar-refractivity contribution in [1.29, 1.82) is 0 Å².